The zero-order valence-corrected chi connectivity index (χ0v) is 12.7. The molecule has 0 spiro atoms. The minimum absolute atomic E-state index is 0.151. The van der Waals surface area contributed by atoms with Crippen LogP contribution >= 0.6 is 11.3 Å². The lowest BCUT2D eigenvalue weighted by molar-refractivity contribution is 0.0963. The van der Waals surface area contributed by atoms with Gasteiger partial charge in [0, 0.05) is 31.9 Å². The lowest BCUT2D eigenvalue weighted by atomic mass is 10.2. The molecule has 0 bridgehead atoms. The number of carbonyl (C=O) groups is 2. The van der Waals surface area contributed by atoms with Crippen molar-refractivity contribution in [1.82, 2.24) is 10.2 Å². The molecule has 0 atom stereocenters. The number of urea groups is 1. The minimum Gasteiger partial charge on any atom is -0.355 e. The van der Waals surface area contributed by atoms with Crippen LogP contribution < -0.4 is 10.6 Å². The van der Waals surface area contributed by atoms with Crippen LogP contribution in [0.4, 0.5) is 10.5 Å². The highest BCUT2D eigenvalue weighted by molar-refractivity contribution is 7.07. The molecule has 110 valence electrons. The maximum absolute atomic E-state index is 12.1. The molecule has 0 unspecified atom stereocenters. The number of nitrogens with one attached hydrogen (secondary N) is 2. The van der Waals surface area contributed by atoms with E-state index in [0.717, 1.165) is 5.56 Å². The number of nitrogens with zero attached hydrogens (tertiary/aromatic N) is 1. The third kappa shape index (κ3) is 4.06. The molecule has 0 saturated heterocycles. The second-order valence-corrected chi connectivity index (χ2v) is 5.35. The van der Waals surface area contributed by atoms with E-state index in [-0.39, 0.29) is 11.9 Å². The van der Waals surface area contributed by atoms with Crippen molar-refractivity contribution in [2.75, 3.05) is 19.4 Å². The second kappa shape index (κ2) is 6.90. The Kier molecular flexibility index (Phi) is 4.94. The Hall–Kier alpha value is -2.34. The first kappa shape index (κ1) is 15.1. The Morgan fingerprint density at radius 1 is 1.19 bits per heavy atom. The van der Waals surface area contributed by atoms with Gasteiger partial charge in [-0.05, 0) is 46.7 Å². The van der Waals surface area contributed by atoms with Gasteiger partial charge in [-0.15, -0.1) is 0 Å². The van der Waals surface area contributed by atoms with Gasteiger partial charge in [-0.1, -0.05) is 0 Å². The van der Waals surface area contributed by atoms with Crippen LogP contribution in [-0.4, -0.2) is 30.9 Å². The summed E-state index contributed by atoms with van der Waals surface area (Å²) in [7, 11) is 3.32. The first-order valence-electron chi connectivity index (χ1n) is 6.45. The molecular weight excluding hydrogens is 286 g/mol. The molecule has 1 aromatic heterocycles. The molecule has 21 heavy (non-hydrogen) atoms. The molecule has 0 fully saturated rings. The van der Waals surface area contributed by atoms with Gasteiger partial charge in [0.2, 0.25) is 0 Å². The maximum Gasteiger partial charge on any atom is 0.321 e. The van der Waals surface area contributed by atoms with Crippen molar-refractivity contribution in [2.24, 2.45) is 0 Å². The number of rotatable bonds is 4. The van der Waals surface area contributed by atoms with Crippen LogP contribution in [0.1, 0.15) is 15.9 Å². The van der Waals surface area contributed by atoms with Gasteiger partial charge in [-0.2, -0.15) is 11.3 Å². The van der Waals surface area contributed by atoms with E-state index in [2.05, 4.69) is 10.6 Å². The largest absolute Gasteiger partial charge is 0.355 e. The summed E-state index contributed by atoms with van der Waals surface area (Å²) in [6.07, 6.45) is 0. The molecule has 0 saturated carbocycles. The smallest absolute Gasteiger partial charge is 0.321 e. The van der Waals surface area contributed by atoms with Crippen LogP contribution in [0.3, 0.4) is 0 Å². The summed E-state index contributed by atoms with van der Waals surface area (Å²) in [4.78, 5) is 25.1. The Balaban J connectivity index is 1.94. The fourth-order valence-corrected chi connectivity index (χ4v) is 2.46. The highest BCUT2D eigenvalue weighted by Crippen LogP contribution is 2.12. The molecule has 0 radical (unpaired) electrons. The molecular formula is C15H17N3O2S. The molecule has 0 aliphatic rings. The summed E-state index contributed by atoms with van der Waals surface area (Å²) >= 11 is 1.61. The molecule has 0 aliphatic carbocycles. The number of benzene rings is 1. The van der Waals surface area contributed by atoms with Crippen LogP contribution in [0.5, 0.6) is 0 Å². The highest BCUT2D eigenvalue weighted by Gasteiger charge is 2.10. The van der Waals surface area contributed by atoms with Crippen molar-refractivity contribution >= 4 is 29.0 Å². The number of carbonyl (C=O) groups excluding carboxylic acids is 2. The van der Waals surface area contributed by atoms with Crippen molar-refractivity contribution in [1.29, 1.82) is 0 Å². The molecule has 5 nitrogen and oxygen atoms in total. The average molecular weight is 303 g/mol. The van der Waals surface area contributed by atoms with Gasteiger partial charge in [0.15, 0.2) is 0 Å². The van der Waals surface area contributed by atoms with E-state index >= 15 is 0 Å². The lowest BCUT2D eigenvalue weighted by Crippen LogP contribution is -2.30. The number of hydrogen-bond acceptors (Lipinski definition) is 3. The SMILES string of the molecule is CNC(=O)c1ccc(NC(=O)N(C)Cc2ccsc2)cc1. The van der Waals surface area contributed by atoms with Gasteiger partial charge in [0.25, 0.3) is 5.91 Å². The van der Waals surface area contributed by atoms with Gasteiger partial charge in [-0.25, -0.2) is 4.79 Å². The van der Waals surface area contributed by atoms with Crippen molar-refractivity contribution in [3.05, 3.63) is 52.2 Å². The number of thiophene rings is 1. The fraction of sp³-hybridized carbons (Fsp3) is 0.200. The van der Waals surface area contributed by atoms with E-state index in [1.807, 2.05) is 16.8 Å². The summed E-state index contributed by atoms with van der Waals surface area (Å²) in [6.45, 7) is 0.561. The van der Waals surface area contributed by atoms with Gasteiger partial charge in [-0.3, -0.25) is 4.79 Å². The van der Waals surface area contributed by atoms with Crippen LogP contribution in [0, 0.1) is 0 Å². The minimum atomic E-state index is -0.186. The third-order valence-corrected chi connectivity index (χ3v) is 3.70. The highest BCUT2D eigenvalue weighted by atomic mass is 32.1. The topological polar surface area (TPSA) is 61.4 Å². The molecule has 2 N–H and O–H groups in total. The van der Waals surface area contributed by atoms with Crippen molar-refractivity contribution < 1.29 is 9.59 Å². The molecule has 2 rings (SSSR count). The van der Waals surface area contributed by atoms with E-state index in [1.54, 1.807) is 54.6 Å². The van der Waals surface area contributed by atoms with Crippen LogP contribution in [0.25, 0.3) is 0 Å². The van der Waals surface area contributed by atoms with Gasteiger partial charge in [0.05, 0.1) is 0 Å². The van der Waals surface area contributed by atoms with E-state index in [0.29, 0.717) is 17.8 Å². The molecule has 0 aliphatic heterocycles. The number of anilines is 1. The van der Waals surface area contributed by atoms with Crippen LogP contribution in [0.2, 0.25) is 0 Å². The second-order valence-electron chi connectivity index (χ2n) is 4.57. The van der Waals surface area contributed by atoms with Crippen molar-refractivity contribution in [3.8, 4) is 0 Å². The molecule has 2 aromatic rings. The quantitative estimate of drug-likeness (QED) is 0.912. The standard InChI is InChI=1S/C15H17N3O2S/c1-16-14(19)12-3-5-13(6-4-12)17-15(20)18(2)9-11-7-8-21-10-11/h3-8,10H,9H2,1-2H3,(H,16,19)(H,17,20). The predicted octanol–water partition coefficient (Wildman–Crippen LogP) is 2.77. The molecule has 6 heteroatoms. The van der Waals surface area contributed by atoms with Crippen molar-refractivity contribution in [3.63, 3.8) is 0 Å². The molecule has 1 aromatic carbocycles. The number of hydrogen-bond donors (Lipinski definition) is 2. The fourth-order valence-electron chi connectivity index (χ4n) is 1.80. The summed E-state index contributed by atoms with van der Waals surface area (Å²) in [5.74, 6) is -0.151. The Morgan fingerprint density at radius 2 is 1.90 bits per heavy atom. The van der Waals surface area contributed by atoms with Crippen LogP contribution in [-0.2, 0) is 6.54 Å². The Morgan fingerprint density at radius 3 is 2.48 bits per heavy atom. The Bertz CT molecular complexity index is 608. The first-order valence-corrected chi connectivity index (χ1v) is 7.40. The predicted molar refractivity (Wildman–Crippen MR) is 84.6 cm³/mol. The zero-order chi connectivity index (χ0) is 15.2. The molecule has 1 heterocycles. The van der Waals surface area contributed by atoms with E-state index < -0.39 is 0 Å². The summed E-state index contributed by atoms with van der Waals surface area (Å²) in [5, 5.41) is 9.35. The monoisotopic (exact) mass is 303 g/mol. The van der Waals surface area contributed by atoms with Gasteiger partial charge < -0.3 is 15.5 Å². The maximum atomic E-state index is 12.1. The average Bonchev–Trinajstić information content (AvgIpc) is 3.00. The first-order chi connectivity index (χ1) is 10.1. The van der Waals surface area contributed by atoms with Gasteiger partial charge in [0.1, 0.15) is 0 Å². The Labute approximate surface area is 127 Å². The van der Waals surface area contributed by atoms with E-state index in [9.17, 15) is 9.59 Å². The van der Waals surface area contributed by atoms with Gasteiger partial charge >= 0.3 is 6.03 Å². The summed E-state index contributed by atoms with van der Waals surface area (Å²) < 4.78 is 0. The van der Waals surface area contributed by atoms with E-state index in [1.165, 1.54) is 0 Å². The summed E-state index contributed by atoms with van der Waals surface area (Å²) in [6, 6.07) is 8.57. The number of amides is 3. The normalized spacial score (nSPS) is 10.0. The van der Waals surface area contributed by atoms with E-state index in [4.69, 9.17) is 0 Å². The molecule has 3 amide bonds. The lowest BCUT2D eigenvalue weighted by Gasteiger charge is -2.17. The summed E-state index contributed by atoms with van der Waals surface area (Å²) in [5.41, 5.74) is 2.32. The zero-order valence-electron chi connectivity index (χ0n) is 11.9. The van der Waals surface area contributed by atoms with Crippen molar-refractivity contribution in [2.45, 2.75) is 6.54 Å². The van der Waals surface area contributed by atoms with Crippen LogP contribution in [0.15, 0.2) is 41.1 Å². The third-order valence-electron chi connectivity index (χ3n) is 2.97.